The standard InChI is InChI=1S/C23H19N3O3/c1-16-10-11-20(28-16)15-24-23(27)18-7-5-6-17(14-18)21-12-13-22(26-25-21)29-19-8-3-2-4-9-19/h2-14H,15H2,1H3,(H,24,27). The zero-order chi connectivity index (χ0) is 20.1. The van der Waals surface area contributed by atoms with Crippen LogP contribution in [0.3, 0.4) is 0 Å². The van der Waals surface area contributed by atoms with Crippen LogP contribution in [0, 0.1) is 6.92 Å². The van der Waals surface area contributed by atoms with Crippen molar-refractivity contribution in [2.24, 2.45) is 0 Å². The third-order valence-corrected chi connectivity index (χ3v) is 4.25. The summed E-state index contributed by atoms with van der Waals surface area (Å²) in [5, 5.41) is 11.2. The van der Waals surface area contributed by atoms with Crippen molar-refractivity contribution in [1.82, 2.24) is 15.5 Å². The van der Waals surface area contributed by atoms with Crippen molar-refractivity contribution in [1.29, 1.82) is 0 Å². The van der Waals surface area contributed by atoms with E-state index < -0.39 is 0 Å². The van der Waals surface area contributed by atoms with Crippen LogP contribution in [-0.4, -0.2) is 16.1 Å². The van der Waals surface area contributed by atoms with Crippen molar-refractivity contribution in [3.63, 3.8) is 0 Å². The number of para-hydroxylation sites is 1. The number of furan rings is 1. The summed E-state index contributed by atoms with van der Waals surface area (Å²) in [6.07, 6.45) is 0. The summed E-state index contributed by atoms with van der Waals surface area (Å²) in [4.78, 5) is 12.5. The lowest BCUT2D eigenvalue weighted by atomic mass is 10.1. The van der Waals surface area contributed by atoms with E-state index in [1.807, 2.05) is 67.6 Å². The molecule has 4 aromatic rings. The van der Waals surface area contributed by atoms with Gasteiger partial charge in [0, 0.05) is 17.2 Å². The van der Waals surface area contributed by atoms with Crippen LogP contribution in [0.4, 0.5) is 0 Å². The molecule has 6 heteroatoms. The van der Waals surface area contributed by atoms with E-state index in [0.29, 0.717) is 35.2 Å². The number of aryl methyl sites for hydroxylation is 1. The number of carbonyl (C=O) groups excluding carboxylic acids is 1. The number of amides is 1. The molecule has 0 aliphatic carbocycles. The summed E-state index contributed by atoms with van der Waals surface area (Å²) in [6.45, 7) is 2.20. The first-order valence-corrected chi connectivity index (χ1v) is 9.18. The first kappa shape index (κ1) is 18.4. The van der Waals surface area contributed by atoms with Gasteiger partial charge >= 0.3 is 0 Å². The highest BCUT2D eigenvalue weighted by atomic mass is 16.5. The Kier molecular flexibility index (Phi) is 5.33. The molecule has 1 amide bonds. The van der Waals surface area contributed by atoms with E-state index >= 15 is 0 Å². The summed E-state index contributed by atoms with van der Waals surface area (Å²) >= 11 is 0. The van der Waals surface area contributed by atoms with Crippen LogP contribution in [0.25, 0.3) is 11.3 Å². The van der Waals surface area contributed by atoms with Crippen LogP contribution in [0.15, 0.2) is 83.3 Å². The fraction of sp³-hybridized carbons (Fsp3) is 0.0870. The Bertz CT molecular complexity index is 1110. The molecule has 0 aliphatic heterocycles. The Hall–Kier alpha value is -3.93. The van der Waals surface area contributed by atoms with Crippen LogP contribution < -0.4 is 10.1 Å². The van der Waals surface area contributed by atoms with E-state index in [4.69, 9.17) is 9.15 Å². The van der Waals surface area contributed by atoms with Gasteiger partial charge < -0.3 is 14.5 Å². The topological polar surface area (TPSA) is 77.2 Å². The van der Waals surface area contributed by atoms with Crippen molar-refractivity contribution in [2.45, 2.75) is 13.5 Å². The summed E-state index contributed by atoms with van der Waals surface area (Å²) in [5.41, 5.74) is 1.99. The van der Waals surface area contributed by atoms with Crippen LogP contribution in [0.5, 0.6) is 11.6 Å². The van der Waals surface area contributed by atoms with Crippen LogP contribution in [0.2, 0.25) is 0 Å². The largest absolute Gasteiger partial charge is 0.465 e. The highest BCUT2D eigenvalue weighted by Gasteiger charge is 2.09. The maximum Gasteiger partial charge on any atom is 0.251 e. The number of aromatic nitrogens is 2. The number of ether oxygens (including phenoxy) is 1. The van der Waals surface area contributed by atoms with Crippen molar-refractivity contribution in [2.75, 3.05) is 0 Å². The molecule has 2 aromatic heterocycles. The predicted molar refractivity (Wildman–Crippen MR) is 109 cm³/mol. The Morgan fingerprint density at radius 2 is 1.83 bits per heavy atom. The van der Waals surface area contributed by atoms with Gasteiger partial charge in [-0.1, -0.05) is 30.3 Å². The monoisotopic (exact) mass is 385 g/mol. The Balaban J connectivity index is 1.44. The van der Waals surface area contributed by atoms with Gasteiger partial charge in [0.1, 0.15) is 17.3 Å². The van der Waals surface area contributed by atoms with E-state index in [-0.39, 0.29) is 5.91 Å². The van der Waals surface area contributed by atoms with Gasteiger partial charge in [-0.05, 0) is 49.4 Å². The van der Waals surface area contributed by atoms with Gasteiger partial charge in [0.05, 0.1) is 12.2 Å². The van der Waals surface area contributed by atoms with Crippen molar-refractivity contribution in [3.8, 4) is 22.9 Å². The quantitative estimate of drug-likeness (QED) is 0.517. The smallest absolute Gasteiger partial charge is 0.251 e. The van der Waals surface area contributed by atoms with E-state index in [2.05, 4.69) is 15.5 Å². The second-order valence-corrected chi connectivity index (χ2v) is 6.45. The van der Waals surface area contributed by atoms with Gasteiger partial charge in [-0.25, -0.2) is 0 Å². The Morgan fingerprint density at radius 3 is 2.55 bits per heavy atom. The molecule has 0 saturated heterocycles. The third-order valence-electron chi connectivity index (χ3n) is 4.25. The Labute approximate surface area is 168 Å². The van der Waals surface area contributed by atoms with Gasteiger partial charge in [0.15, 0.2) is 0 Å². The lowest BCUT2D eigenvalue weighted by molar-refractivity contribution is 0.0948. The van der Waals surface area contributed by atoms with Crippen molar-refractivity contribution >= 4 is 5.91 Å². The molecule has 144 valence electrons. The average Bonchev–Trinajstić information content (AvgIpc) is 3.18. The summed E-state index contributed by atoms with van der Waals surface area (Å²) in [7, 11) is 0. The predicted octanol–water partition coefficient (Wildman–Crippen LogP) is 4.77. The molecular formula is C23H19N3O3. The summed E-state index contributed by atoms with van der Waals surface area (Å²) < 4.78 is 11.1. The Morgan fingerprint density at radius 1 is 0.966 bits per heavy atom. The van der Waals surface area contributed by atoms with E-state index in [0.717, 1.165) is 11.3 Å². The van der Waals surface area contributed by atoms with Gasteiger partial charge in [0.25, 0.3) is 5.91 Å². The number of benzene rings is 2. The molecule has 0 atom stereocenters. The number of rotatable bonds is 6. The normalized spacial score (nSPS) is 10.5. The number of nitrogens with zero attached hydrogens (tertiary/aromatic N) is 2. The fourth-order valence-corrected chi connectivity index (χ4v) is 2.81. The second kappa shape index (κ2) is 8.39. The maximum atomic E-state index is 12.5. The van der Waals surface area contributed by atoms with Crippen molar-refractivity contribution < 1.29 is 13.9 Å². The number of hydrogen-bond acceptors (Lipinski definition) is 5. The van der Waals surface area contributed by atoms with Crippen LogP contribution in [0.1, 0.15) is 21.9 Å². The average molecular weight is 385 g/mol. The molecule has 0 radical (unpaired) electrons. The summed E-state index contributed by atoms with van der Waals surface area (Å²) in [5.74, 6) is 2.45. The van der Waals surface area contributed by atoms with E-state index in [9.17, 15) is 4.79 Å². The maximum absolute atomic E-state index is 12.5. The van der Waals surface area contributed by atoms with E-state index in [1.165, 1.54) is 0 Å². The fourth-order valence-electron chi connectivity index (χ4n) is 2.81. The van der Waals surface area contributed by atoms with Gasteiger partial charge in [-0.3, -0.25) is 4.79 Å². The number of nitrogens with one attached hydrogen (secondary N) is 1. The minimum Gasteiger partial charge on any atom is -0.465 e. The van der Waals surface area contributed by atoms with Gasteiger partial charge in [0.2, 0.25) is 5.88 Å². The van der Waals surface area contributed by atoms with E-state index in [1.54, 1.807) is 18.2 Å². The molecule has 6 nitrogen and oxygen atoms in total. The zero-order valence-electron chi connectivity index (χ0n) is 15.8. The highest BCUT2D eigenvalue weighted by Crippen LogP contribution is 2.22. The van der Waals surface area contributed by atoms with Crippen LogP contribution in [-0.2, 0) is 6.54 Å². The molecule has 1 N–H and O–H groups in total. The SMILES string of the molecule is Cc1ccc(CNC(=O)c2cccc(-c3ccc(Oc4ccccc4)nn3)c2)o1. The van der Waals surface area contributed by atoms with Crippen molar-refractivity contribution in [3.05, 3.63) is 95.9 Å². The molecular weight excluding hydrogens is 366 g/mol. The minimum atomic E-state index is -0.183. The van der Waals surface area contributed by atoms with Gasteiger partial charge in [-0.2, -0.15) is 0 Å². The first-order chi connectivity index (χ1) is 14.2. The number of carbonyl (C=O) groups is 1. The molecule has 0 spiro atoms. The number of hydrogen-bond donors (Lipinski definition) is 1. The molecule has 4 rings (SSSR count). The molecule has 29 heavy (non-hydrogen) atoms. The first-order valence-electron chi connectivity index (χ1n) is 9.18. The molecule has 0 unspecified atom stereocenters. The van der Waals surface area contributed by atoms with Gasteiger partial charge in [-0.15, -0.1) is 10.2 Å². The minimum absolute atomic E-state index is 0.183. The summed E-state index contributed by atoms with van der Waals surface area (Å²) in [6, 6.07) is 23.9. The zero-order valence-corrected chi connectivity index (χ0v) is 15.8. The lowest BCUT2D eigenvalue weighted by Crippen LogP contribution is -2.22. The van der Waals surface area contributed by atoms with Crippen LogP contribution >= 0.6 is 0 Å². The lowest BCUT2D eigenvalue weighted by Gasteiger charge is -2.07. The molecule has 0 fully saturated rings. The molecule has 2 heterocycles. The molecule has 0 aliphatic rings. The molecule has 0 saturated carbocycles. The second-order valence-electron chi connectivity index (χ2n) is 6.45. The third kappa shape index (κ3) is 4.68. The molecule has 2 aromatic carbocycles. The highest BCUT2D eigenvalue weighted by molar-refractivity contribution is 5.95. The molecule has 0 bridgehead atoms.